The molecule has 0 aromatic rings. The number of aliphatic hydroxyl groups excluding tert-OH is 2. The molecule has 2 heteroatoms. The van der Waals surface area contributed by atoms with Gasteiger partial charge >= 0.3 is 0 Å². The average Bonchev–Trinajstić information content (AvgIpc) is 2.97. The van der Waals surface area contributed by atoms with E-state index in [0.29, 0.717) is 22.7 Å². The van der Waals surface area contributed by atoms with E-state index in [4.69, 9.17) is 0 Å². The monoisotopic (exact) mass is 434 g/mol. The van der Waals surface area contributed by atoms with Crippen LogP contribution in [0.2, 0.25) is 0 Å². The van der Waals surface area contributed by atoms with E-state index in [-0.39, 0.29) is 18.1 Å². The molecular formula is C29H54O2. The Labute approximate surface area is 194 Å². The normalized spacial score (nSPS) is 44.7. The van der Waals surface area contributed by atoms with Gasteiger partial charge in [-0.25, -0.2) is 0 Å². The van der Waals surface area contributed by atoms with Crippen LogP contribution in [0, 0.1) is 51.8 Å². The first-order chi connectivity index (χ1) is 14.5. The van der Waals surface area contributed by atoms with Gasteiger partial charge in [0.15, 0.2) is 0 Å². The summed E-state index contributed by atoms with van der Waals surface area (Å²) in [5.74, 6) is 4.44. The maximum absolute atomic E-state index is 10.7. The molecule has 3 saturated carbocycles. The number of aliphatic hydroxyl groups is 2. The summed E-state index contributed by atoms with van der Waals surface area (Å²) in [7, 11) is 0. The summed E-state index contributed by atoms with van der Waals surface area (Å²) in [4.78, 5) is 0. The van der Waals surface area contributed by atoms with Crippen LogP contribution in [0.25, 0.3) is 0 Å². The summed E-state index contributed by atoms with van der Waals surface area (Å²) in [6, 6.07) is 0. The molecule has 2 nitrogen and oxygen atoms in total. The minimum Gasteiger partial charge on any atom is -0.396 e. The minimum atomic E-state index is -0.233. The first-order valence-corrected chi connectivity index (χ1v) is 13.8. The average molecular weight is 435 g/mol. The molecule has 9 atom stereocenters. The van der Waals surface area contributed by atoms with Gasteiger partial charge < -0.3 is 10.2 Å². The summed E-state index contributed by atoms with van der Waals surface area (Å²) >= 11 is 0. The van der Waals surface area contributed by atoms with Gasteiger partial charge in [0, 0.05) is 6.61 Å². The number of fused-ring (bicyclic) bond motifs is 3. The summed E-state index contributed by atoms with van der Waals surface area (Å²) in [6.45, 7) is 17.4. The molecule has 0 heterocycles. The van der Waals surface area contributed by atoms with E-state index in [1.54, 1.807) is 0 Å². The van der Waals surface area contributed by atoms with E-state index >= 15 is 0 Å². The van der Waals surface area contributed by atoms with E-state index in [9.17, 15) is 10.2 Å². The lowest BCUT2D eigenvalue weighted by atomic mass is 9.41. The van der Waals surface area contributed by atoms with Gasteiger partial charge in [0.2, 0.25) is 0 Å². The van der Waals surface area contributed by atoms with E-state index in [2.05, 4.69) is 41.5 Å². The van der Waals surface area contributed by atoms with Gasteiger partial charge in [-0.15, -0.1) is 0 Å². The Kier molecular flexibility index (Phi) is 7.95. The molecule has 3 fully saturated rings. The van der Waals surface area contributed by atoms with Crippen LogP contribution < -0.4 is 0 Å². The van der Waals surface area contributed by atoms with Crippen LogP contribution in [-0.4, -0.2) is 22.9 Å². The Bertz CT molecular complexity index is 585. The van der Waals surface area contributed by atoms with E-state index < -0.39 is 0 Å². The highest BCUT2D eigenvalue weighted by Gasteiger charge is 2.65. The van der Waals surface area contributed by atoms with E-state index in [1.165, 1.54) is 57.8 Å². The van der Waals surface area contributed by atoms with E-state index in [1.807, 2.05) is 6.92 Å². The third-order valence-electron chi connectivity index (χ3n) is 11.4. The summed E-state index contributed by atoms with van der Waals surface area (Å²) < 4.78 is 0. The minimum absolute atomic E-state index is 0.172. The molecule has 0 bridgehead atoms. The van der Waals surface area contributed by atoms with Crippen LogP contribution in [0.4, 0.5) is 0 Å². The van der Waals surface area contributed by atoms with Crippen molar-refractivity contribution in [2.24, 2.45) is 51.8 Å². The topological polar surface area (TPSA) is 40.5 Å². The first-order valence-electron chi connectivity index (χ1n) is 13.8. The predicted molar refractivity (Wildman–Crippen MR) is 132 cm³/mol. The molecule has 0 saturated heterocycles. The van der Waals surface area contributed by atoms with Gasteiger partial charge in [0.25, 0.3) is 0 Å². The van der Waals surface area contributed by atoms with Gasteiger partial charge in [-0.1, -0.05) is 60.8 Å². The lowest BCUT2D eigenvalue weighted by molar-refractivity contribution is -0.165. The van der Waals surface area contributed by atoms with Gasteiger partial charge in [-0.05, 0) is 110 Å². The zero-order chi connectivity index (χ0) is 23.0. The smallest absolute Gasteiger partial charge is 0.0545 e. The predicted octanol–water partition coefficient (Wildman–Crippen LogP) is 7.47. The largest absolute Gasteiger partial charge is 0.396 e. The fourth-order valence-corrected chi connectivity index (χ4v) is 9.52. The van der Waals surface area contributed by atoms with Crippen LogP contribution >= 0.6 is 0 Å². The molecule has 0 radical (unpaired) electrons. The lowest BCUT2D eigenvalue weighted by Crippen LogP contribution is -2.58. The zero-order valence-electron chi connectivity index (χ0n) is 21.9. The molecule has 3 rings (SSSR count). The Morgan fingerprint density at radius 3 is 2.06 bits per heavy atom. The fraction of sp³-hybridized carbons (Fsp3) is 1.00. The van der Waals surface area contributed by atoms with Crippen molar-refractivity contribution in [2.45, 2.75) is 125 Å². The molecule has 0 aromatic heterocycles. The van der Waals surface area contributed by atoms with Gasteiger partial charge in [0.1, 0.15) is 0 Å². The molecular weight excluding hydrogens is 380 g/mol. The van der Waals surface area contributed by atoms with Crippen molar-refractivity contribution >= 4 is 0 Å². The molecule has 2 N–H and O–H groups in total. The Morgan fingerprint density at radius 1 is 0.774 bits per heavy atom. The lowest BCUT2D eigenvalue weighted by Gasteiger charge is -2.64. The SMILES string of the molecule is CC(C)CCC[C@@H](C)[C@H]1CC[C@@]2(C)[C@H]3CC[C@H]([C@@H](C)O)[C@@](C)(CCCO)[C@@H]3CC[C@]12C. The summed E-state index contributed by atoms with van der Waals surface area (Å²) in [5, 5.41) is 20.3. The van der Waals surface area contributed by atoms with Crippen LogP contribution in [0.1, 0.15) is 119 Å². The van der Waals surface area contributed by atoms with Gasteiger partial charge in [-0.3, -0.25) is 0 Å². The quantitative estimate of drug-likeness (QED) is 0.395. The van der Waals surface area contributed by atoms with E-state index in [0.717, 1.165) is 36.5 Å². The van der Waals surface area contributed by atoms with Crippen LogP contribution in [-0.2, 0) is 0 Å². The second-order valence-corrected chi connectivity index (χ2v) is 13.3. The number of rotatable bonds is 9. The second kappa shape index (κ2) is 9.65. The standard InChI is InChI=1S/C29H54O2/c1-20(2)10-8-11-21(3)23-14-17-29(7)26-13-12-24(22(4)31)27(5,16-9-19-30)25(26)15-18-28(23,29)6/h20-26,30-31H,8-19H2,1-7H3/t21-,22-,23-,24-,25-,26+,27-,28-,29+/m1/s1. The number of hydrogen-bond donors (Lipinski definition) is 2. The molecule has 3 aliphatic carbocycles. The Morgan fingerprint density at radius 2 is 1.45 bits per heavy atom. The van der Waals surface area contributed by atoms with Crippen molar-refractivity contribution in [1.82, 2.24) is 0 Å². The number of hydrogen-bond acceptors (Lipinski definition) is 2. The third kappa shape index (κ3) is 4.39. The van der Waals surface area contributed by atoms with Crippen molar-refractivity contribution < 1.29 is 10.2 Å². The maximum Gasteiger partial charge on any atom is 0.0545 e. The van der Waals surface area contributed by atoms with Crippen molar-refractivity contribution in [2.75, 3.05) is 6.61 Å². The molecule has 3 aliphatic rings. The molecule has 0 spiro atoms. The summed E-state index contributed by atoms with van der Waals surface area (Å²) in [5.41, 5.74) is 1.09. The zero-order valence-corrected chi connectivity index (χ0v) is 21.9. The molecule has 0 aromatic carbocycles. The van der Waals surface area contributed by atoms with Crippen molar-refractivity contribution in [3.63, 3.8) is 0 Å². The molecule has 182 valence electrons. The summed E-state index contributed by atoms with van der Waals surface area (Å²) in [6.07, 6.45) is 13.9. The Hall–Kier alpha value is -0.0800. The van der Waals surface area contributed by atoms with Crippen molar-refractivity contribution in [3.8, 4) is 0 Å². The van der Waals surface area contributed by atoms with Crippen LogP contribution in [0.3, 0.4) is 0 Å². The fourth-order valence-electron chi connectivity index (χ4n) is 9.52. The van der Waals surface area contributed by atoms with Gasteiger partial charge in [-0.2, -0.15) is 0 Å². The third-order valence-corrected chi connectivity index (χ3v) is 11.4. The first kappa shape index (κ1) is 25.5. The van der Waals surface area contributed by atoms with Crippen LogP contribution in [0.15, 0.2) is 0 Å². The molecule has 31 heavy (non-hydrogen) atoms. The highest BCUT2D eigenvalue weighted by molar-refractivity contribution is 5.14. The maximum atomic E-state index is 10.7. The second-order valence-electron chi connectivity index (χ2n) is 13.3. The van der Waals surface area contributed by atoms with Crippen molar-refractivity contribution in [3.05, 3.63) is 0 Å². The molecule has 0 aliphatic heterocycles. The molecule has 0 amide bonds. The highest BCUT2D eigenvalue weighted by atomic mass is 16.3. The van der Waals surface area contributed by atoms with Crippen LogP contribution in [0.5, 0.6) is 0 Å². The Balaban J connectivity index is 1.82. The highest BCUT2D eigenvalue weighted by Crippen LogP contribution is 2.73. The molecule has 0 unspecified atom stereocenters. The van der Waals surface area contributed by atoms with Crippen molar-refractivity contribution in [1.29, 1.82) is 0 Å². The van der Waals surface area contributed by atoms with Gasteiger partial charge in [0.05, 0.1) is 6.10 Å².